The van der Waals surface area contributed by atoms with Crippen molar-refractivity contribution in [2.45, 2.75) is 38.0 Å². The molecule has 2 aliphatic rings. The van der Waals surface area contributed by atoms with Gasteiger partial charge in [-0.25, -0.2) is 0 Å². The summed E-state index contributed by atoms with van der Waals surface area (Å²) in [6, 6.07) is 16.6. The van der Waals surface area contributed by atoms with Gasteiger partial charge in [0.25, 0.3) is 0 Å². The lowest BCUT2D eigenvalue weighted by molar-refractivity contribution is -0.118. The van der Waals surface area contributed by atoms with Crippen LogP contribution in [-0.2, 0) is 10.2 Å². The molecule has 0 radical (unpaired) electrons. The van der Waals surface area contributed by atoms with E-state index < -0.39 is 0 Å². The molecule has 28 heavy (non-hydrogen) atoms. The molecule has 1 saturated carbocycles. The van der Waals surface area contributed by atoms with Crippen LogP contribution in [0.1, 0.15) is 38.2 Å². The zero-order valence-corrected chi connectivity index (χ0v) is 16.4. The fourth-order valence-electron chi connectivity index (χ4n) is 4.48. The molecule has 1 aliphatic heterocycles. The third kappa shape index (κ3) is 2.97. The lowest BCUT2D eigenvalue weighted by Gasteiger charge is -2.32. The summed E-state index contributed by atoms with van der Waals surface area (Å²) in [7, 11) is 0. The van der Waals surface area contributed by atoms with Gasteiger partial charge in [-0.3, -0.25) is 4.79 Å². The van der Waals surface area contributed by atoms with Gasteiger partial charge in [-0.2, -0.15) is 0 Å². The van der Waals surface area contributed by atoms with Gasteiger partial charge in [-0.1, -0.05) is 25.1 Å². The van der Waals surface area contributed by atoms with Crippen LogP contribution in [0.3, 0.4) is 0 Å². The highest BCUT2D eigenvalue weighted by molar-refractivity contribution is 6.04. The molecule has 4 heteroatoms. The number of nitrogens with one attached hydrogen (secondary N) is 2. The third-order valence-corrected chi connectivity index (χ3v) is 6.56. The second kappa shape index (κ2) is 6.69. The third-order valence-electron chi connectivity index (χ3n) is 6.56. The first-order valence-corrected chi connectivity index (χ1v) is 10.4. The predicted octanol–water partition coefficient (Wildman–Crippen LogP) is 5.07. The number of anilines is 2. The average Bonchev–Trinajstić information content (AvgIpc) is 3.42. The number of amides is 1. The van der Waals surface area contributed by atoms with Crippen LogP contribution >= 0.6 is 0 Å². The standard InChI is InChI=1S/C24H27N3O/c1-17-10-14-27(15-11-17)19-8-6-18(7-9-19)26-23(28)24(12-13-24)21-16-25-22-5-3-2-4-20(21)22/h2-9,16-17,25H,10-15H2,1H3,(H,26,28). The molecule has 2 heterocycles. The van der Waals surface area contributed by atoms with Crippen LogP contribution < -0.4 is 10.2 Å². The number of carbonyl (C=O) groups excluding carboxylic acids is 1. The Morgan fingerprint density at radius 2 is 1.79 bits per heavy atom. The summed E-state index contributed by atoms with van der Waals surface area (Å²) in [5.41, 5.74) is 3.96. The average molecular weight is 374 g/mol. The summed E-state index contributed by atoms with van der Waals surface area (Å²) in [6.45, 7) is 4.57. The van der Waals surface area contributed by atoms with Crippen molar-refractivity contribution < 1.29 is 4.79 Å². The number of rotatable bonds is 4. The molecule has 0 atom stereocenters. The number of piperidine rings is 1. The van der Waals surface area contributed by atoms with E-state index in [1.54, 1.807) is 0 Å². The van der Waals surface area contributed by atoms with Crippen LogP contribution in [0, 0.1) is 5.92 Å². The number of H-pyrrole nitrogens is 1. The van der Waals surface area contributed by atoms with E-state index in [4.69, 9.17) is 0 Å². The Hall–Kier alpha value is -2.75. The van der Waals surface area contributed by atoms with Crippen molar-refractivity contribution >= 4 is 28.2 Å². The first-order valence-electron chi connectivity index (χ1n) is 10.4. The Bertz CT molecular complexity index is 992. The molecule has 0 bridgehead atoms. The lowest BCUT2D eigenvalue weighted by atomic mass is 9.94. The van der Waals surface area contributed by atoms with Crippen LogP contribution in [-0.4, -0.2) is 24.0 Å². The lowest BCUT2D eigenvalue weighted by Crippen LogP contribution is -2.32. The summed E-state index contributed by atoms with van der Waals surface area (Å²) < 4.78 is 0. The smallest absolute Gasteiger partial charge is 0.235 e. The van der Waals surface area contributed by atoms with Crippen LogP contribution in [0.5, 0.6) is 0 Å². The number of aromatic nitrogens is 1. The Balaban J connectivity index is 1.31. The van der Waals surface area contributed by atoms with Gasteiger partial charge in [0.05, 0.1) is 5.41 Å². The van der Waals surface area contributed by atoms with Crippen molar-refractivity contribution in [3.63, 3.8) is 0 Å². The SMILES string of the molecule is CC1CCN(c2ccc(NC(=O)C3(c4c[nH]c5ccccc45)CC3)cc2)CC1. The summed E-state index contributed by atoms with van der Waals surface area (Å²) in [5, 5.41) is 4.32. The molecule has 2 N–H and O–H groups in total. The maximum atomic E-state index is 13.1. The van der Waals surface area contributed by atoms with E-state index >= 15 is 0 Å². The van der Waals surface area contributed by atoms with E-state index in [1.807, 2.05) is 30.5 Å². The number of benzene rings is 2. The van der Waals surface area contributed by atoms with Crippen LogP contribution in [0.15, 0.2) is 54.7 Å². The number of para-hydroxylation sites is 1. The van der Waals surface area contributed by atoms with Gasteiger partial charge < -0.3 is 15.2 Å². The number of carbonyl (C=O) groups is 1. The zero-order chi connectivity index (χ0) is 19.1. The van der Waals surface area contributed by atoms with Crippen molar-refractivity contribution in [2.75, 3.05) is 23.3 Å². The van der Waals surface area contributed by atoms with Crippen LogP contribution in [0.4, 0.5) is 11.4 Å². The number of hydrogen-bond donors (Lipinski definition) is 2. The summed E-state index contributed by atoms with van der Waals surface area (Å²) in [6.07, 6.45) is 6.34. The van der Waals surface area contributed by atoms with Gasteiger partial charge in [0.15, 0.2) is 0 Å². The monoisotopic (exact) mass is 373 g/mol. The Morgan fingerprint density at radius 1 is 1.07 bits per heavy atom. The number of nitrogens with zero attached hydrogens (tertiary/aromatic N) is 1. The Labute approximate surface area is 165 Å². The van der Waals surface area contributed by atoms with E-state index in [0.717, 1.165) is 54.0 Å². The largest absolute Gasteiger partial charge is 0.372 e. The van der Waals surface area contributed by atoms with Crippen LogP contribution in [0.25, 0.3) is 10.9 Å². The van der Waals surface area contributed by atoms with E-state index in [1.165, 1.54) is 18.5 Å². The van der Waals surface area contributed by atoms with Gasteiger partial charge in [0.2, 0.25) is 5.91 Å². The fourth-order valence-corrected chi connectivity index (χ4v) is 4.48. The molecule has 1 amide bonds. The molecule has 144 valence electrons. The molecule has 3 aromatic rings. The minimum absolute atomic E-state index is 0.108. The molecule has 1 aliphatic carbocycles. The van der Waals surface area contributed by atoms with Crippen molar-refractivity contribution in [1.82, 2.24) is 4.98 Å². The molecule has 2 aromatic carbocycles. The summed E-state index contributed by atoms with van der Waals surface area (Å²) in [4.78, 5) is 18.9. The minimum Gasteiger partial charge on any atom is -0.372 e. The number of fused-ring (bicyclic) bond motifs is 1. The minimum atomic E-state index is -0.388. The fraction of sp³-hybridized carbons (Fsp3) is 0.375. The van der Waals surface area contributed by atoms with Crippen molar-refractivity contribution in [3.8, 4) is 0 Å². The van der Waals surface area contributed by atoms with E-state index in [9.17, 15) is 4.79 Å². The molecule has 1 saturated heterocycles. The topological polar surface area (TPSA) is 48.1 Å². The van der Waals surface area contributed by atoms with Crippen molar-refractivity contribution in [3.05, 3.63) is 60.3 Å². The molecule has 5 rings (SSSR count). The Morgan fingerprint density at radius 3 is 2.50 bits per heavy atom. The van der Waals surface area contributed by atoms with Gasteiger partial charge in [0, 0.05) is 41.6 Å². The van der Waals surface area contributed by atoms with E-state index in [2.05, 4.69) is 46.4 Å². The molecule has 4 nitrogen and oxygen atoms in total. The van der Waals surface area contributed by atoms with Gasteiger partial charge in [-0.05, 0) is 67.5 Å². The van der Waals surface area contributed by atoms with E-state index in [-0.39, 0.29) is 11.3 Å². The first kappa shape index (κ1) is 17.4. The second-order valence-electron chi connectivity index (χ2n) is 8.50. The molecule has 0 unspecified atom stereocenters. The van der Waals surface area contributed by atoms with Crippen molar-refractivity contribution in [2.24, 2.45) is 5.92 Å². The molecule has 1 aromatic heterocycles. The number of aromatic amines is 1. The quantitative estimate of drug-likeness (QED) is 0.670. The van der Waals surface area contributed by atoms with Gasteiger partial charge in [0.1, 0.15) is 0 Å². The highest BCUT2D eigenvalue weighted by atomic mass is 16.2. The number of hydrogen-bond acceptors (Lipinski definition) is 2. The molecular weight excluding hydrogens is 346 g/mol. The highest BCUT2D eigenvalue weighted by Gasteiger charge is 2.52. The maximum absolute atomic E-state index is 13.1. The normalized spacial score (nSPS) is 19.0. The molecule has 0 spiro atoms. The highest BCUT2D eigenvalue weighted by Crippen LogP contribution is 2.51. The summed E-state index contributed by atoms with van der Waals surface area (Å²) in [5.74, 6) is 0.936. The van der Waals surface area contributed by atoms with E-state index in [0.29, 0.717) is 0 Å². The van der Waals surface area contributed by atoms with Crippen molar-refractivity contribution in [1.29, 1.82) is 0 Å². The van der Waals surface area contributed by atoms with Gasteiger partial charge >= 0.3 is 0 Å². The van der Waals surface area contributed by atoms with Gasteiger partial charge in [-0.15, -0.1) is 0 Å². The molecular formula is C24H27N3O. The van der Waals surface area contributed by atoms with Crippen LogP contribution in [0.2, 0.25) is 0 Å². The molecule has 2 fully saturated rings. The first-order chi connectivity index (χ1) is 13.7. The predicted molar refractivity (Wildman–Crippen MR) is 115 cm³/mol. The Kier molecular flexibility index (Phi) is 4.15. The maximum Gasteiger partial charge on any atom is 0.235 e. The zero-order valence-electron chi connectivity index (χ0n) is 16.4. The second-order valence-corrected chi connectivity index (χ2v) is 8.50. The summed E-state index contributed by atoms with van der Waals surface area (Å²) >= 11 is 0.